The first-order chi connectivity index (χ1) is 12.9. The third-order valence-corrected chi connectivity index (χ3v) is 5.90. The van der Waals surface area contributed by atoms with Crippen LogP contribution in [0.2, 0.25) is 0 Å². The maximum atomic E-state index is 13.4. The topological polar surface area (TPSA) is 68.2 Å². The smallest absolute Gasteiger partial charge is 0.311 e. The van der Waals surface area contributed by atoms with Crippen molar-refractivity contribution in [3.8, 4) is 0 Å². The molecule has 2 aromatic carbocycles. The molecule has 5 nitrogen and oxygen atoms in total. The van der Waals surface area contributed by atoms with E-state index in [4.69, 9.17) is 0 Å². The van der Waals surface area contributed by atoms with Gasteiger partial charge in [-0.25, -0.2) is 8.42 Å². The molecule has 148 valence electrons. The molecule has 3 rings (SSSR count). The lowest BCUT2D eigenvalue weighted by atomic mass is 10.1. The Labute approximate surface area is 159 Å². The molecule has 0 saturated heterocycles. The summed E-state index contributed by atoms with van der Waals surface area (Å²) in [6.07, 6.45) is -4.80. The molecule has 0 fully saturated rings. The van der Waals surface area contributed by atoms with E-state index in [0.717, 1.165) is 10.6 Å². The highest BCUT2D eigenvalue weighted by Gasteiger charge is 2.34. The van der Waals surface area contributed by atoms with Crippen LogP contribution in [0.1, 0.15) is 16.7 Å². The molecule has 0 aliphatic rings. The number of fused-ring (bicyclic) bond motifs is 1. The second-order valence-corrected chi connectivity index (χ2v) is 8.19. The van der Waals surface area contributed by atoms with Gasteiger partial charge >= 0.3 is 6.18 Å². The average Bonchev–Trinajstić information content (AvgIpc) is 2.60. The van der Waals surface area contributed by atoms with Gasteiger partial charge in [-0.1, -0.05) is 18.2 Å². The number of aryl methyl sites for hydroxylation is 3. The molecule has 0 atom stereocenters. The number of pyridine rings is 1. The summed E-state index contributed by atoms with van der Waals surface area (Å²) in [5, 5.41) is -0.362. The van der Waals surface area contributed by atoms with Gasteiger partial charge in [0, 0.05) is 18.5 Å². The molecular weight excluding hydrogens is 393 g/mol. The molecule has 1 aromatic heterocycles. The number of hydrogen-bond donors (Lipinski definition) is 1. The highest BCUT2D eigenvalue weighted by Crippen LogP contribution is 2.35. The Morgan fingerprint density at radius 3 is 2.18 bits per heavy atom. The monoisotopic (exact) mass is 410 g/mol. The summed E-state index contributed by atoms with van der Waals surface area (Å²) >= 11 is 0. The van der Waals surface area contributed by atoms with E-state index in [1.54, 1.807) is 32.0 Å². The average molecular weight is 410 g/mol. The van der Waals surface area contributed by atoms with Crippen molar-refractivity contribution in [3.63, 3.8) is 0 Å². The molecule has 0 unspecified atom stereocenters. The number of para-hydroxylation sites is 1. The zero-order chi connectivity index (χ0) is 20.9. The van der Waals surface area contributed by atoms with Crippen LogP contribution in [0, 0.1) is 13.8 Å². The van der Waals surface area contributed by atoms with Gasteiger partial charge in [0.1, 0.15) is 0 Å². The van der Waals surface area contributed by atoms with Crippen LogP contribution in [0.5, 0.6) is 0 Å². The van der Waals surface area contributed by atoms with Crippen LogP contribution < -0.4 is 10.3 Å². The van der Waals surface area contributed by atoms with Gasteiger partial charge in [0.25, 0.3) is 15.6 Å². The fourth-order valence-electron chi connectivity index (χ4n) is 3.01. The zero-order valence-corrected chi connectivity index (χ0v) is 16.1. The van der Waals surface area contributed by atoms with Gasteiger partial charge in [0.15, 0.2) is 0 Å². The number of sulfonamides is 1. The van der Waals surface area contributed by atoms with Crippen LogP contribution in [0.3, 0.4) is 0 Å². The molecule has 0 amide bonds. The first kappa shape index (κ1) is 19.9. The van der Waals surface area contributed by atoms with Crippen molar-refractivity contribution in [2.24, 2.45) is 7.05 Å². The van der Waals surface area contributed by atoms with E-state index < -0.39 is 27.3 Å². The molecule has 1 N–H and O–H groups in total. The van der Waals surface area contributed by atoms with Gasteiger partial charge in [-0.15, -0.1) is 0 Å². The third kappa shape index (κ3) is 3.49. The molecular formula is C19H17F3N2O3S. The van der Waals surface area contributed by atoms with E-state index in [0.29, 0.717) is 22.9 Å². The number of nitrogens with zero attached hydrogens (tertiary/aromatic N) is 1. The lowest BCUT2D eigenvalue weighted by Gasteiger charge is -2.16. The molecule has 1 heterocycles. The van der Waals surface area contributed by atoms with E-state index in [9.17, 15) is 26.4 Å². The summed E-state index contributed by atoms with van der Waals surface area (Å²) in [6.45, 7) is 3.45. The van der Waals surface area contributed by atoms with Gasteiger partial charge in [-0.05, 0) is 43.2 Å². The summed E-state index contributed by atoms with van der Waals surface area (Å²) in [4.78, 5) is 11.5. The van der Waals surface area contributed by atoms with Gasteiger partial charge in [-0.3, -0.25) is 9.52 Å². The quantitative estimate of drug-likeness (QED) is 0.710. The largest absolute Gasteiger partial charge is 0.417 e. The van der Waals surface area contributed by atoms with Crippen molar-refractivity contribution in [1.29, 1.82) is 0 Å². The fourth-order valence-corrected chi connectivity index (χ4v) is 4.24. The molecule has 0 bridgehead atoms. The Morgan fingerprint density at radius 2 is 1.61 bits per heavy atom. The van der Waals surface area contributed by atoms with Crippen molar-refractivity contribution in [1.82, 2.24) is 4.57 Å². The summed E-state index contributed by atoms with van der Waals surface area (Å²) in [5.74, 6) is 0. The van der Waals surface area contributed by atoms with Gasteiger partial charge < -0.3 is 4.57 Å². The van der Waals surface area contributed by atoms with Crippen LogP contribution in [-0.2, 0) is 23.2 Å². The summed E-state index contributed by atoms with van der Waals surface area (Å²) in [5.41, 5.74) is -0.269. The van der Waals surface area contributed by atoms with E-state index in [2.05, 4.69) is 4.72 Å². The van der Waals surface area contributed by atoms with Gasteiger partial charge in [-0.2, -0.15) is 13.2 Å². The molecule has 0 saturated carbocycles. The fraction of sp³-hybridized carbons (Fsp3) is 0.211. The first-order valence-corrected chi connectivity index (χ1v) is 9.70. The lowest BCUT2D eigenvalue weighted by Crippen LogP contribution is -2.21. The SMILES string of the molecule is Cc1cccc(C)c1NS(=O)(=O)c1ccc2c(c1)c(C(F)(F)F)cc(=O)n2C. The van der Waals surface area contributed by atoms with Crippen LogP contribution in [0.25, 0.3) is 10.9 Å². The third-order valence-electron chi connectivity index (χ3n) is 4.55. The van der Waals surface area contributed by atoms with Crippen molar-refractivity contribution < 1.29 is 21.6 Å². The number of rotatable bonds is 3. The van der Waals surface area contributed by atoms with E-state index >= 15 is 0 Å². The molecule has 0 spiro atoms. The highest BCUT2D eigenvalue weighted by molar-refractivity contribution is 7.92. The Hall–Kier alpha value is -2.81. The minimum Gasteiger partial charge on any atom is -0.311 e. The molecule has 0 radical (unpaired) electrons. The Morgan fingerprint density at radius 1 is 1.00 bits per heavy atom. The number of alkyl halides is 3. The predicted molar refractivity (Wildman–Crippen MR) is 101 cm³/mol. The number of anilines is 1. The van der Waals surface area contributed by atoms with Gasteiger partial charge in [0.2, 0.25) is 0 Å². The minimum absolute atomic E-state index is 0.00847. The number of hydrogen-bond acceptors (Lipinski definition) is 3. The Balaban J connectivity index is 2.21. The highest BCUT2D eigenvalue weighted by atomic mass is 32.2. The number of nitrogens with one attached hydrogen (secondary N) is 1. The maximum absolute atomic E-state index is 13.4. The number of benzene rings is 2. The summed E-state index contributed by atoms with van der Waals surface area (Å²) in [6, 6.07) is 9.01. The van der Waals surface area contributed by atoms with Crippen molar-refractivity contribution >= 4 is 26.6 Å². The van der Waals surface area contributed by atoms with Gasteiger partial charge in [0.05, 0.1) is 21.7 Å². The van der Waals surface area contributed by atoms with E-state index in [1.807, 2.05) is 0 Å². The van der Waals surface area contributed by atoms with E-state index in [-0.39, 0.29) is 15.8 Å². The number of halogens is 3. The number of aromatic nitrogens is 1. The standard InChI is InChI=1S/C19H17F3N2O3S/c1-11-5-4-6-12(2)18(11)23-28(26,27)13-7-8-16-14(9-13)15(19(20,21)22)10-17(25)24(16)3/h4-10,23H,1-3H3. The maximum Gasteiger partial charge on any atom is 0.417 e. The van der Waals surface area contributed by atoms with Crippen LogP contribution >= 0.6 is 0 Å². The zero-order valence-electron chi connectivity index (χ0n) is 15.3. The lowest BCUT2D eigenvalue weighted by molar-refractivity contribution is -0.136. The predicted octanol–water partition coefficient (Wildman–Crippen LogP) is 3.97. The Kier molecular flexibility index (Phi) is 4.74. The second-order valence-electron chi connectivity index (χ2n) is 6.50. The molecule has 9 heteroatoms. The van der Waals surface area contributed by atoms with E-state index in [1.165, 1.54) is 19.2 Å². The first-order valence-electron chi connectivity index (χ1n) is 8.22. The van der Waals surface area contributed by atoms with Crippen molar-refractivity contribution in [2.45, 2.75) is 24.9 Å². The van der Waals surface area contributed by atoms with Crippen LogP contribution in [0.15, 0.2) is 52.2 Å². The summed E-state index contributed by atoms with van der Waals surface area (Å²) in [7, 11) is -2.81. The van der Waals surface area contributed by atoms with Crippen molar-refractivity contribution in [3.05, 3.63) is 69.5 Å². The van der Waals surface area contributed by atoms with Crippen LogP contribution in [-0.4, -0.2) is 13.0 Å². The van der Waals surface area contributed by atoms with Crippen LogP contribution in [0.4, 0.5) is 18.9 Å². The molecule has 3 aromatic rings. The summed E-state index contributed by atoms with van der Waals surface area (Å²) < 4.78 is 69.3. The Bertz CT molecular complexity index is 1230. The van der Waals surface area contributed by atoms with Crippen molar-refractivity contribution in [2.75, 3.05) is 4.72 Å². The minimum atomic E-state index is -4.80. The molecule has 0 aliphatic heterocycles. The molecule has 28 heavy (non-hydrogen) atoms. The normalized spacial score (nSPS) is 12.4. The molecule has 0 aliphatic carbocycles. The second kappa shape index (κ2) is 6.66.